The van der Waals surface area contributed by atoms with Gasteiger partial charge < -0.3 is 4.74 Å². The molecule has 0 N–H and O–H groups in total. The minimum Gasteiger partial charge on any atom is -0.496 e. The molecule has 3 aromatic rings. The highest BCUT2D eigenvalue weighted by molar-refractivity contribution is 6.43. The van der Waals surface area contributed by atoms with Crippen LogP contribution in [0.15, 0.2) is 47.4 Å². The second kappa shape index (κ2) is 8.35. The summed E-state index contributed by atoms with van der Waals surface area (Å²) in [4.78, 5) is 25.3. The average molecular weight is 438 g/mol. The van der Waals surface area contributed by atoms with Crippen LogP contribution in [0.1, 0.15) is 27.0 Å². The van der Waals surface area contributed by atoms with Crippen molar-refractivity contribution in [1.82, 2.24) is 9.78 Å². The fourth-order valence-electron chi connectivity index (χ4n) is 2.86. The molecular formula is C20H15Cl3N2O3. The quantitative estimate of drug-likeness (QED) is 0.549. The van der Waals surface area contributed by atoms with Crippen LogP contribution in [0.3, 0.4) is 0 Å². The van der Waals surface area contributed by atoms with Crippen LogP contribution in [0, 0.1) is 0 Å². The van der Waals surface area contributed by atoms with Gasteiger partial charge in [0, 0.05) is 35.8 Å². The summed E-state index contributed by atoms with van der Waals surface area (Å²) >= 11 is 18.3. The average Bonchev–Trinajstić information content (AvgIpc) is 2.64. The Balaban J connectivity index is 2.05. The first kappa shape index (κ1) is 20.4. The zero-order chi connectivity index (χ0) is 20.4. The molecule has 0 aliphatic rings. The van der Waals surface area contributed by atoms with Gasteiger partial charge >= 0.3 is 0 Å². The van der Waals surface area contributed by atoms with Crippen molar-refractivity contribution in [2.45, 2.75) is 6.42 Å². The fraction of sp³-hybridized carbons (Fsp3) is 0.150. The number of carbonyl (C=O) groups is 1. The third-order valence-electron chi connectivity index (χ3n) is 4.24. The first-order chi connectivity index (χ1) is 13.3. The van der Waals surface area contributed by atoms with E-state index in [-0.39, 0.29) is 33.4 Å². The number of aromatic nitrogens is 2. The van der Waals surface area contributed by atoms with Crippen LogP contribution in [-0.2, 0) is 13.5 Å². The molecule has 0 spiro atoms. The van der Waals surface area contributed by atoms with E-state index in [2.05, 4.69) is 5.10 Å². The smallest absolute Gasteiger partial charge is 0.270 e. The van der Waals surface area contributed by atoms with Crippen molar-refractivity contribution in [2.24, 2.45) is 7.05 Å². The van der Waals surface area contributed by atoms with Gasteiger partial charge in [-0.15, -0.1) is 0 Å². The summed E-state index contributed by atoms with van der Waals surface area (Å²) in [6.45, 7) is 0. The highest BCUT2D eigenvalue weighted by Crippen LogP contribution is 2.32. The van der Waals surface area contributed by atoms with Gasteiger partial charge in [0.15, 0.2) is 5.78 Å². The van der Waals surface area contributed by atoms with Gasteiger partial charge in [0.25, 0.3) is 5.56 Å². The Labute approximate surface area is 176 Å². The van der Waals surface area contributed by atoms with Gasteiger partial charge in [-0.25, -0.2) is 4.68 Å². The van der Waals surface area contributed by atoms with E-state index in [4.69, 9.17) is 39.5 Å². The Bertz CT molecular complexity index is 1100. The molecule has 3 rings (SSSR count). The maximum Gasteiger partial charge on any atom is 0.270 e. The lowest BCUT2D eigenvalue weighted by Crippen LogP contribution is -2.23. The second-order valence-corrected chi connectivity index (χ2v) is 7.31. The Morgan fingerprint density at radius 2 is 1.75 bits per heavy atom. The zero-order valence-corrected chi connectivity index (χ0v) is 17.3. The number of rotatable bonds is 5. The fourth-order valence-corrected chi connectivity index (χ4v) is 3.84. The van der Waals surface area contributed by atoms with Gasteiger partial charge in [-0.05, 0) is 42.0 Å². The van der Waals surface area contributed by atoms with Crippen molar-refractivity contribution in [3.63, 3.8) is 0 Å². The topological polar surface area (TPSA) is 61.2 Å². The normalized spacial score (nSPS) is 10.8. The zero-order valence-electron chi connectivity index (χ0n) is 15.0. The third kappa shape index (κ3) is 4.07. The highest BCUT2D eigenvalue weighted by Gasteiger charge is 2.19. The number of carbonyl (C=O) groups excluding carboxylic acids is 1. The largest absolute Gasteiger partial charge is 0.496 e. The second-order valence-electron chi connectivity index (χ2n) is 6.06. The van der Waals surface area contributed by atoms with Gasteiger partial charge in [0.05, 0.1) is 22.7 Å². The van der Waals surface area contributed by atoms with Crippen LogP contribution in [-0.4, -0.2) is 22.7 Å². The van der Waals surface area contributed by atoms with E-state index in [1.54, 1.807) is 37.5 Å². The van der Waals surface area contributed by atoms with E-state index in [1.807, 2.05) is 0 Å². The molecule has 2 aromatic carbocycles. The lowest BCUT2D eigenvalue weighted by Gasteiger charge is -2.12. The molecule has 28 heavy (non-hydrogen) atoms. The number of hydrogen-bond acceptors (Lipinski definition) is 4. The Hall–Kier alpha value is -2.34. The number of benzene rings is 2. The molecule has 0 aliphatic carbocycles. The van der Waals surface area contributed by atoms with Crippen LogP contribution in [0.4, 0.5) is 0 Å². The maximum absolute atomic E-state index is 13.0. The Morgan fingerprint density at radius 3 is 2.39 bits per heavy atom. The first-order valence-electron chi connectivity index (χ1n) is 8.19. The Morgan fingerprint density at radius 1 is 1.07 bits per heavy atom. The summed E-state index contributed by atoms with van der Waals surface area (Å²) in [5, 5.41) is 4.60. The highest BCUT2D eigenvalue weighted by atomic mass is 35.5. The van der Waals surface area contributed by atoms with E-state index >= 15 is 0 Å². The van der Waals surface area contributed by atoms with Gasteiger partial charge in [-0.2, -0.15) is 5.10 Å². The van der Waals surface area contributed by atoms with Crippen LogP contribution < -0.4 is 10.3 Å². The van der Waals surface area contributed by atoms with Crippen LogP contribution in [0.25, 0.3) is 0 Å². The minimum absolute atomic E-state index is 0.169. The Kier molecular flexibility index (Phi) is 6.08. The maximum atomic E-state index is 13.0. The van der Waals surface area contributed by atoms with Gasteiger partial charge in [0.1, 0.15) is 5.75 Å². The van der Waals surface area contributed by atoms with E-state index < -0.39 is 0 Å². The molecule has 5 nitrogen and oxygen atoms in total. The molecule has 0 bridgehead atoms. The monoisotopic (exact) mass is 436 g/mol. The summed E-state index contributed by atoms with van der Waals surface area (Å²) in [5.74, 6) is 0.210. The van der Waals surface area contributed by atoms with Gasteiger partial charge in [-0.1, -0.05) is 34.8 Å². The standard InChI is InChI=1S/C20H15Cl3N2O3/c1-25-20(27)12(5-6-24-25)8-13-7-11(3-4-17(13)28-2)19(26)18-15(22)9-14(21)10-16(18)23/h3-7,9-10H,8H2,1-2H3. The van der Waals surface area contributed by atoms with Crippen molar-refractivity contribution in [1.29, 1.82) is 0 Å². The van der Waals surface area contributed by atoms with E-state index in [0.717, 1.165) is 0 Å². The van der Waals surface area contributed by atoms with E-state index in [1.165, 1.54) is 23.9 Å². The number of methoxy groups -OCH3 is 1. The van der Waals surface area contributed by atoms with Crippen molar-refractivity contribution in [3.8, 4) is 5.75 Å². The molecule has 144 valence electrons. The molecule has 0 aliphatic heterocycles. The summed E-state index contributed by atoms with van der Waals surface area (Å²) < 4.78 is 6.64. The molecule has 0 saturated heterocycles. The molecule has 1 aromatic heterocycles. The molecule has 0 saturated carbocycles. The number of ketones is 1. The van der Waals surface area contributed by atoms with Crippen molar-refractivity contribution >= 4 is 40.6 Å². The first-order valence-corrected chi connectivity index (χ1v) is 9.32. The molecule has 0 amide bonds. The van der Waals surface area contributed by atoms with Crippen molar-refractivity contribution < 1.29 is 9.53 Å². The van der Waals surface area contributed by atoms with Crippen LogP contribution >= 0.6 is 34.8 Å². The summed E-state index contributed by atoms with van der Waals surface area (Å²) in [6, 6.07) is 9.54. The number of halogens is 3. The van der Waals surface area contributed by atoms with Gasteiger partial charge in [0.2, 0.25) is 0 Å². The number of nitrogens with zero attached hydrogens (tertiary/aromatic N) is 2. The molecular weight excluding hydrogens is 423 g/mol. The number of aryl methyl sites for hydroxylation is 1. The lowest BCUT2D eigenvalue weighted by molar-refractivity contribution is 0.103. The van der Waals surface area contributed by atoms with Crippen molar-refractivity contribution in [2.75, 3.05) is 7.11 Å². The third-order valence-corrected chi connectivity index (χ3v) is 5.06. The van der Waals surface area contributed by atoms with E-state index in [9.17, 15) is 9.59 Å². The lowest BCUT2D eigenvalue weighted by atomic mass is 9.98. The van der Waals surface area contributed by atoms with Crippen molar-refractivity contribution in [3.05, 3.63) is 90.3 Å². The van der Waals surface area contributed by atoms with Crippen LogP contribution in [0.2, 0.25) is 15.1 Å². The summed E-state index contributed by atoms with van der Waals surface area (Å²) in [6.07, 6.45) is 1.83. The van der Waals surface area contributed by atoms with Crippen LogP contribution in [0.5, 0.6) is 5.75 Å². The van der Waals surface area contributed by atoms with Gasteiger partial charge in [-0.3, -0.25) is 9.59 Å². The predicted molar refractivity (Wildman–Crippen MR) is 110 cm³/mol. The molecule has 0 unspecified atom stereocenters. The molecule has 0 fully saturated rings. The SMILES string of the molecule is COc1ccc(C(=O)c2c(Cl)cc(Cl)cc2Cl)cc1Cc1ccnn(C)c1=O. The van der Waals surface area contributed by atoms with E-state index in [0.29, 0.717) is 27.5 Å². The number of ether oxygens (including phenoxy) is 1. The molecule has 0 radical (unpaired) electrons. The molecule has 8 heteroatoms. The minimum atomic E-state index is -0.349. The molecule has 1 heterocycles. The summed E-state index contributed by atoms with van der Waals surface area (Å²) in [5.41, 5.74) is 1.53. The summed E-state index contributed by atoms with van der Waals surface area (Å²) in [7, 11) is 3.10. The molecule has 0 atom stereocenters. The number of hydrogen-bond donors (Lipinski definition) is 0. The predicted octanol–water partition coefficient (Wildman–Crippen LogP) is 4.57.